The Labute approximate surface area is 97.9 Å². The second-order valence-electron chi connectivity index (χ2n) is 4.29. The predicted molar refractivity (Wildman–Crippen MR) is 57.8 cm³/mol. The van der Waals surface area contributed by atoms with E-state index in [9.17, 15) is 9.59 Å². The van der Waals surface area contributed by atoms with E-state index in [0.717, 1.165) is 30.5 Å². The molecule has 0 saturated carbocycles. The van der Waals surface area contributed by atoms with Crippen LogP contribution in [0, 0.1) is 0 Å². The molecule has 92 valence electrons. The molecule has 1 unspecified atom stereocenters. The second-order valence-corrected chi connectivity index (χ2v) is 4.29. The molecule has 2 N–H and O–H groups in total. The van der Waals surface area contributed by atoms with Crippen molar-refractivity contribution in [3.63, 3.8) is 0 Å². The van der Waals surface area contributed by atoms with E-state index in [2.05, 4.69) is 5.10 Å². The predicted octanol–water partition coefficient (Wildman–Crippen LogP) is 0.862. The molecule has 17 heavy (non-hydrogen) atoms. The first-order chi connectivity index (χ1) is 8.08. The van der Waals surface area contributed by atoms with Gasteiger partial charge in [0.2, 0.25) is 0 Å². The SMILES string of the molecule is O=C(O)CC1CCCc2c1cnn2CC(=O)O. The summed E-state index contributed by atoms with van der Waals surface area (Å²) >= 11 is 0. The number of aromatic nitrogens is 2. The van der Waals surface area contributed by atoms with Crippen molar-refractivity contribution in [1.29, 1.82) is 0 Å². The largest absolute Gasteiger partial charge is 0.481 e. The summed E-state index contributed by atoms with van der Waals surface area (Å²) in [5.41, 5.74) is 1.78. The van der Waals surface area contributed by atoms with Crippen LogP contribution < -0.4 is 0 Å². The van der Waals surface area contributed by atoms with Gasteiger partial charge in [-0.05, 0) is 30.7 Å². The average molecular weight is 238 g/mol. The van der Waals surface area contributed by atoms with Crippen molar-refractivity contribution in [2.75, 3.05) is 0 Å². The van der Waals surface area contributed by atoms with Crippen LogP contribution in [-0.2, 0) is 22.6 Å². The van der Waals surface area contributed by atoms with Crippen molar-refractivity contribution in [1.82, 2.24) is 9.78 Å². The Bertz CT molecular complexity index is 452. The summed E-state index contributed by atoms with van der Waals surface area (Å²) in [6.07, 6.45) is 4.20. The van der Waals surface area contributed by atoms with Crippen LogP contribution in [0.5, 0.6) is 0 Å². The first-order valence-electron chi connectivity index (χ1n) is 5.56. The highest BCUT2D eigenvalue weighted by atomic mass is 16.4. The van der Waals surface area contributed by atoms with Gasteiger partial charge in [0.15, 0.2) is 0 Å². The lowest BCUT2D eigenvalue weighted by Gasteiger charge is -2.21. The fraction of sp³-hybridized carbons (Fsp3) is 0.545. The van der Waals surface area contributed by atoms with Crippen molar-refractivity contribution in [2.24, 2.45) is 0 Å². The minimum atomic E-state index is -0.934. The molecule has 0 radical (unpaired) electrons. The van der Waals surface area contributed by atoms with E-state index in [1.807, 2.05) is 0 Å². The lowest BCUT2D eigenvalue weighted by molar-refractivity contribution is -0.138. The van der Waals surface area contributed by atoms with Crippen LogP contribution in [0.25, 0.3) is 0 Å². The van der Waals surface area contributed by atoms with Gasteiger partial charge >= 0.3 is 11.9 Å². The zero-order chi connectivity index (χ0) is 12.4. The second kappa shape index (κ2) is 4.57. The lowest BCUT2D eigenvalue weighted by Crippen LogP contribution is -2.18. The molecule has 1 atom stereocenters. The maximum absolute atomic E-state index is 10.7. The molecule has 0 saturated heterocycles. The summed E-state index contributed by atoms with van der Waals surface area (Å²) in [5.74, 6) is -1.79. The number of carbonyl (C=O) groups is 2. The summed E-state index contributed by atoms with van der Waals surface area (Å²) in [5, 5.41) is 21.6. The van der Waals surface area contributed by atoms with E-state index < -0.39 is 11.9 Å². The van der Waals surface area contributed by atoms with Crippen LogP contribution >= 0.6 is 0 Å². The summed E-state index contributed by atoms with van der Waals surface area (Å²) < 4.78 is 1.46. The van der Waals surface area contributed by atoms with Crippen LogP contribution in [0.3, 0.4) is 0 Å². The quantitative estimate of drug-likeness (QED) is 0.811. The summed E-state index contributed by atoms with van der Waals surface area (Å²) in [6, 6.07) is 0. The normalized spacial score (nSPS) is 18.7. The van der Waals surface area contributed by atoms with Crippen molar-refractivity contribution in [3.8, 4) is 0 Å². The Morgan fingerprint density at radius 2 is 2.18 bits per heavy atom. The molecule has 6 nitrogen and oxygen atoms in total. The summed E-state index contributed by atoms with van der Waals surface area (Å²) in [6.45, 7) is -0.158. The molecule has 0 aliphatic heterocycles. The lowest BCUT2D eigenvalue weighted by atomic mass is 9.85. The molecular weight excluding hydrogens is 224 g/mol. The van der Waals surface area contributed by atoms with E-state index in [4.69, 9.17) is 10.2 Å². The monoisotopic (exact) mass is 238 g/mol. The molecule has 1 aliphatic carbocycles. The van der Waals surface area contributed by atoms with E-state index in [1.165, 1.54) is 4.68 Å². The topological polar surface area (TPSA) is 92.4 Å². The third-order valence-corrected chi connectivity index (χ3v) is 3.09. The van der Waals surface area contributed by atoms with E-state index in [1.54, 1.807) is 6.20 Å². The molecule has 1 aliphatic rings. The number of hydrogen-bond donors (Lipinski definition) is 2. The molecule has 1 aromatic heterocycles. The minimum Gasteiger partial charge on any atom is -0.481 e. The van der Waals surface area contributed by atoms with Gasteiger partial charge in [-0.15, -0.1) is 0 Å². The number of hydrogen-bond acceptors (Lipinski definition) is 3. The molecule has 6 heteroatoms. The summed E-state index contributed by atoms with van der Waals surface area (Å²) in [7, 11) is 0. The number of fused-ring (bicyclic) bond motifs is 1. The third kappa shape index (κ3) is 2.46. The number of carboxylic acids is 2. The molecule has 2 rings (SSSR count). The Morgan fingerprint density at radius 1 is 1.41 bits per heavy atom. The Hall–Kier alpha value is -1.85. The molecule has 0 aromatic carbocycles. The van der Waals surface area contributed by atoms with Crippen molar-refractivity contribution >= 4 is 11.9 Å². The summed E-state index contributed by atoms with van der Waals surface area (Å²) in [4.78, 5) is 21.4. The molecule has 0 bridgehead atoms. The van der Waals surface area contributed by atoms with Gasteiger partial charge in [0.05, 0.1) is 12.6 Å². The molecule has 0 amide bonds. The van der Waals surface area contributed by atoms with Gasteiger partial charge in [-0.25, -0.2) is 0 Å². The Balaban J connectivity index is 2.24. The van der Waals surface area contributed by atoms with E-state index in [0.29, 0.717) is 0 Å². The van der Waals surface area contributed by atoms with Crippen LogP contribution in [0.1, 0.15) is 36.4 Å². The van der Waals surface area contributed by atoms with Crippen molar-refractivity contribution in [2.45, 2.75) is 38.1 Å². The van der Waals surface area contributed by atoms with Gasteiger partial charge in [-0.1, -0.05) is 0 Å². The standard InChI is InChI=1S/C11H14N2O4/c14-10(15)4-7-2-1-3-9-8(7)5-12-13(9)6-11(16)17/h5,7H,1-4,6H2,(H,14,15)(H,16,17). The maximum Gasteiger partial charge on any atom is 0.325 e. The maximum atomic E-state index is 10.7. The highest BCUT2D eigenvalue weighted by Gasteiger charge is 2.26. The smallest absolute Gasteiger partial charge is 0.325 e. The van der Waals surface area contributed by atoms with Crippen LogP contribution in [-0.4, -0.2) is 31.9 Å². The number of rotatable bonds is 4. The number of carboxylic acid groups (broad SMARTS) is 2. The zero-order valence-electron chi connectivity index (χ0n) is 9.30. The van der Waals surface area contributed by atoms with Gasteiger partial charge < -0.3 is 10.2 Å². The zero-order valence-corrected chi connectivity index (χ0v) is 9.30. The van der Waals surface area contributed by atoms with Crippen LogP contribution in [0.2, 0.25) is 0 Å². The van der Waals surface area contributed by atoms with Gasteiger partial charge in [0.25, 0.3) is 0 Å². The third-order valence-electron chi connectivity index (χ3n) is 3.09. The highest BCUT2D eigenvalue weighted by molar-refractivity contribution is 5.68. The first-order valence-corrected chi connectivity index (χ1v) is 5.56. The first kappa shape index (κ1) is 11.6. The molecular formula is C11H14N2O4. The Kier molecular flexibility index (Phi) is 3.12. The van der Waals surface area contributed by atoms with E-state index >= 15 is 0 Å². The fourth-order valence-electron chi connectivity index (χ4n) is 2.40. The van der Waals surface area contributed by atoms with Gasteiger partial charge in [0.1, 0.15) is 6.54 Å². The van der Waals surface area contributed by atoms with Crippen LogP contribution in [0.4, 0.5) is 0 Å². The van der Waals surface area contributed by atoms with Gasteiger partial charge in [-0.3, -0.25) is 14.3 Å². The minimum absolute atomic E-state index is 0.0289. The average Bonchev–Trinajstić information content (AvgIpc) is 2.61. The highest BCUT2D eigenvalue weighted by Crippen LogP contribution is 2.33. The number of aliphatic carboxylic acids is 2. The molecule has 0 fully saturated rings. The molecule has 0 spiro atoms. The molecule has 1 aromatic rings. The van der Waals surface area contributed by atoms with E-state index in [-0.39, 0.29) is 18.9 Å². The molecule has 1 heterocycles. The Morgan fingerprint density at radius 3 is 2.82 bits per heavy atom. The number of nitrogens with zero attached hydrogens (tertiary/aromatic N) is 2. The van der Waals surface area contributed by atoms with Crippen LogP contribution in [0.15, 0.2) is 6.20 Å². The van der Waals surface area contributed by atoms with Gasteiger partial charge in [-0.2, -0.15) is 5.10 Å². The van der Waals surface area contributed by atoms with Gasteiger partial charge in [0, 0.05) is 5.69 Å². The fourth-order valence-corrected chi connectivity index (χ4v) is 2.40. The van der Waals surface area contributed by atoms with Crippen molar-refractivity contribution < 1.29 is 19.8 Å². The van der Waals surface area contributed by atoms with Crippen molar-refractivity contribution in [3.05, 3.63) is 17.5 Å².